The van der Waals surface area contributed by atoms with Crippen molar-refractivity contribution in [3.05, 3.63) is 71.9 Å². The number of likely N-dealkylation sites (N-methyl/N-ethyl adjacent to an activating group) is 1. The Morgan fingerprint density at radius 3 is 2.23 bits per heavy atom. The molecule has 1 saturated heterocycles. The molecule has 40 heavy (non-hydrogen) atoms. The maximum atomic E-state index is 11.9. The van der Waals surface area contributed by atoms with Crippen molar-refractivity contribution in [3.8, 4) is 11.4 Å². The van der Waals surface area contributed by atoms with Crippen molar-refractivity contribution in [1.29, 1.82) is 0 Å². The predicted octanol–water partition coefficient (Wildman–Crippen LogP) is 4.03. The Morgan fingerprint density at radius 2 is 1.55 bits per heavy atom. The SMILES string of the molecule is CC(=O)NC(c1ccccc1)c1ccc(-c2nc(N)c3cnn(C4CCC(N5CCN(C)CC5)CC4)c3n2)cc1. The van der Waals surface area contributed by atoms with Crippen molar-refractivity contribution in [2.45, 2.75) is 50.7 Å². The summed E-state index contributed by atoms with van der Waals surface area (Å²) >= 11 is 0. The second-order valence-electron chi connectivity index (χ2n) is 11.2. The molecule has 0 bridgehead atoms. The number of nitrogens with two attached hydrogens (primary N) is 1. The molecule has 2 aromatic heterocycles. The number of carbonyl (C=O) groups excluding carboxylic acids is 1. The van der Waals surface area contributed by atoms with Gasteiger partial charge in [-0.1, -0.05) is 54.6 Å². The van der Waals surface area contributed by atoms with Gasteiger partial charge in [0.1, 0.15) is 5.82 Å². The van der Waals surface area contributed by atoms with Gasteiger partial charge in [-0.05, 0) is 43.9 Å². The molecule has 4 aromatic rings. The van der Waals surface area contributed by atoms with Gasteiger partial charge in [0.05, 0.1) is 23.7 Å². The van der Waals surface area contributed by atoms with Crippen LogP contribution in [-0.2, 0) is 4.79 Å². The number of nitrogens with one attached hydrogen (secondary N) is 1. The molecule has 1 atom stereocenters. The van der Waals surface area contributed by atoms with Crippen LogP contribution in [0.5, 0.6) is 0 Å². The third kappa shape index (κ3) is 5.44. The van der Waals surface area contributed by atoms with Crippen LogP contribution in [0.3, 0.4) is 0 Å². The maximum Gasteiger partial charge on any atom is 0.217 e. The molecule has 1 unspecified atom stereocenters. The van der Waals surface area contributed by atoms with E-state index in [0.29, 0.717) is 23.7 Å². The van der Waals surface area contributed by atoms with Crippen molar-refractivity contribution in [1.82, 2.24) is 34.9 Å². The lowest BCUT2D eigenvalue weighted by atomic mass is 9.90. The molecule has 1 saturated carbocycles. The number of amides is 1. The first-order valence-electron chi connectivity index (χ1n) is 14.3. The molecular weight excluding hydrogens is 500 g/mol. The Kier molecular flexibility index (Phi) is 7.49. The fraction of sp³-hybridized carbons (Fsp3) is 0.419. The Hall–Kier alpha value is -3.82. The number of nitrogen functional groups attached to an aromatic ring is 1. The van der Waals surface area contributed by atoms with Crippen molar-refractivity contribution in [2.75, 3.05) is 39.0 Å². The lowest BCUT2D eigenvalue weighted by Gasteiger charge is -2.41. The average molecular weight is 539 g/mol. The van der Waals surface area contributed by atoms with E-state index in [1.807, 2.05) is 60.8 Å². The number of piperazine rings is 1. The van der Waals surface area contributed by atoms with E-state index >= 15 is 0 Å². The minimum atomic E-state index is -0.233. The monoisotopic (exact) mass is 538 g/mol. The summed E-state index contributed by atoms with van der Waals surface area (Å²) in [5.41, 5.74) is 10.1. The normalized spacial score (nSPS) is 21.4. The van der Waals surface area contributed by atoms with Crippen LogP contribution in [0.4, 0.5) is 5.82 Å². The Bertz CT molecular complexity index is 1450. The highest BCUT2D eigenvalue weighted by atomic mass is 16.1. The molecule has 2 fully saturated rings. The number of nitrogens with zero attached hydrogens (tertiary/aromatic N) is 6. The highest BCUT2D eigenvalue weighted by Gasteiger charge is 2.30. The number of benzene rings is 2. The second-order valence-corrected chi connectivity index (χ2v) is 11.2. The van der Waals surface area contributed by atoms with Crippen LogP contribution in [0.1, 0.15) is 55.8 Å². The standard InChI is InChI=1S/C31H38N8O/c1-21(40)34-28(22-6-4-3-5-7-22)23-8-10-24(11-9-23)30-35-29(32)27-20-33-39(31(27)36-30)26-14-12-25(13-15-26)38-18-16-37(2)17-19-38/h3-11,20,25-26,28H,12-19H2,1-2H3,(H,34,40)(H2,32,35,36). The lowest BCUT2D eigenvalue weighted by Crippen LogP contribution is -2.49. The van der Waals surface area contributed by atoms with Gasteiger partial charge in [0.2, 0.25) is 5.91 Å². The predicted molar refractivity (Wildman–Crippen MR) is 158 cm³/mol. The molecular formula is C31H38N8O. The fourth-order valence-corrected chi connectivity index (χ4v) is 6.23. The second kappa shape index (κ2) is 11.3. The summed E-state index contributed by atoms with van der Waals surface area (Å²) in [7, 11) is 2.21. The van der Waals surface area contributed by atoms with Gasteiger partial charge < -0.3 is 16.0 Å². The van der Waals surface area contributed by atoms with Gasteiger partial charge in [0, 0.05) is 44.7 Å². The number of rotatable bonds is 6. The summed E-state index contributed by atoms with van der Waals surface area (Å²) in [5.74, 6) is 0.951. The van der Waals surface area contributed by atoms with Gasteiger partial charge in [-0.15, -0.1) is 0 Å². The van der Waals surface area contributed by atoms with E-state index < -0.39 is 0 Å². The van der Waals surface area contributed by atoms with Gasteiger partial charge in [-0.2, -0.15) is 5.10 Å². The molecule has 3 heterocycles. The van der Waals surface area contributed by atoms with Crippen molar-refractivity contribution in [2.24, 2.45) is 0 Å². The first kappa shape index (κ1) is 26.4. The van der Waals surface area contributed by atoms with Crippen LogP contribution in [0.15, 0.2) is 60.8 Å². The summed E-state index contributed by atoms with van der Waals surface area (Å²) in [6.07, 6.45) is 6.35. The summed E-state index contributed by atoms with van der Waals surface area (Å²) < 4.78 is 2.08. The summed E-state index contributed by atoms with van der Waals surface area (Å²) in [4.78, 5) is 26.6. The molecule has 208 valence electrons. The van der Waals surface area contributed by atoms with Crippen LogP contribution >= 0.6 is 0 Å². The van der Waals surface area contributed by atoms with E-state index in [-0.39, 0.29) is 11.9 Å². The number of aromatic nitrogens is 4. The molecule has 0 radical (unpaired) electrons. The third-order valence-corrected chi connectivity index (χ3v) is 8.53. The van der Waals surface area contributed by atoms with Gasteiger partial charge in [-0.3, -0.25) is 9.69 Å². The van der Waals surface area contributed by atoms with Crippen LogP contribution in [0, 0.1) is 0 Å². The van der Waals surface area contributed by atoms with Crippen LogP contribution in [0.25, 0.3) is 22.4 Å². The van der Waals surface area contributed by atoms with E-state index in [0.717, 1.165) is 53.7 Å². The molecule has 2 aromatic carbocycles. The number of anilines is 1. The van der Waals surface area contributed by atoms with Crippen LogP contribution < -0.4 is 11.1 Å². The molecule has 0 spiro atoms. The molecule has 2 aliphatic rings. The number of carbonyl (C=O) groups is 1. The van der Waals surface area contributed by atoms with E-state index in [1.165, 1.54) is 32.9 Å². The highest BCUT2D eigenvalue weighted by Crippen LogP contribution is 2.34. The Morgan fingerprint density at radius 1 is 0.900 bits per heavy atom. The van der Waals surface area contributed by atoms with Gasteiger partial charge >= 0.3 is 0 Å². The topological polar surface area (TPSA) is 105 Å². The molecule has 3 N–H and O–H groups in total. The minimum absolute atomic E-state index is 0.0784. The van der Waals surface area contributed by atoms with E-state index in [2.05, 4.69) is 31.8 Å². The Labute approximate surface area is 235 Å². The third-order valence-electron chi connectivity index (χ3n) is 8.53. The van der Waals surface area contributed by atoms with E-state index in [4.69, 9.17) is 15.8 Å². The van der Waals surface area contributed by atoms with Gasteiger partial charge in [-0.25, -0.2) is 14.6 Å². The van der Waals surface area contributed by atoms with Gasteiger partial charge in [0.15, 0.2) is 11.5 Å². The Balaban J connectivity index is 1.22. The summed E-state index contributed by atoms with van der Waals surface area (Å²) in [6, 6.07) is 18.7. The summed E-state index contributed by atoms with van der Waals surface area (Å²) in [6.45, 7) is 6.19. The lowest BCUT2D eigenvalue weighted by molar-refractivity contribution is -0.119. The average Bonchev–Trinajstić information content (AvgIpc) is 3.42. The van der Waals surface area contributed by atoms with Crippen LogP contribution in [-0.4, -0.2) is 74.7 Å². The van der Waals surface area contributed by atoms with Gasteiger partial charge in [0.25, 0.3) is 0 Å². The molecule has 9 heteroatoms. The maximum absolute atomic E-state index is 11.9. The number of fused-ring (bicyclic) bond motifs is 1. The molecule has 9 nitrogen and oxygen atoms in total. The van der Waals surface area contributed by atoms with E-state index in [1.54, 1.807) is 0 Å². The molecule has 1 aliphatic heterocycles. The largest absolute Gasteiger partial charge is 0.383 e. The quantitative estimate of drug-likeness (QED) is 0.382. The highest BCUT2D eigenvalue weighted by molar-refractivity contribution is 5.87. The van der Waals surface area contributed by atoms with Crippen LogP contribution in [0.2, 0.25) is 0 Å². The molecule has 1 aliphatic carbocycles. The number of hydrogen-bond donors (Lipinski definition) is 2. The number of hydrogen-bond acceptors (Lipinski definition) is 7. The van der Waals surface area contributed by atoms with Crippen molar-refractivity contribution >= 4 is 22.8 Å². The minimum Gasteiger partial charge on any atom is -0.383 e. The first-order valence-corrected chi connectivity index (χ1v) is 14.3. The first-order chi connectivity index (χ1) is 19.5. The van der Waals surface area contributed by atoms with Crippen molar-refractivity contribution in [3.63, 3.8) is 0 Å². The zero-order chi connectivity index (χ0) is 27.6. The summed E-state index contributed by atoms with van der Waals surface area (Å²) in [5, 5.41) is 8.60. The molecule has 1 amide bonds. The zero-order valence-electron chi connectivity index (χ0n) is 23.3. The smallest absolute Gasteiger partial charge is 0.217 e. The fourth-order valence-electron chi connectivity index (χ4n) is 6.23. The van der Waals surface area contributed by atoms with E-state index in [9.17, 15) is 4.79 Å². The zero-order valence-corrected chi connectivity index (χ0v) is 23.3. The molecule has 6 rings (SSSR count). The van der Waals surface area contributed by atoms with Crippen molar-refractivity contribution < 1.29 is 4.79 Å².